The molecule has 2 nitrogen and oxygen atoms in total. The van der Waals surface area contributed by atoms with E-state index in [-0.39, 0.29) is 11.3 Å². The van der Waals surface area contributed by atoms with Crippen LogP contribution in [0, 0.1) is 0 Å². The van der Waals surface area contributed by atoms with Crippen molar-refractivity contribution in [3.63, 3.8) is 0 Å². The Hall–Kier alpha value is -1.75. The van der Waals surface area contributed by atoms with Gasteiger partial charge in [0.2, 0.25) is 0 Å². The zero-order valence-corrected chi connectivity index (χ0v) is 10.7. The molecule has 0 spiro atoms. The zero-order chi connectivity index (χ0) is 14.2. The number of hydrogen-bond acceptors (Lipinski definition) is 2. The lowest BCUT2D eigenvalue weighted by Gasteiger charge is -2.10. The van der Waals surface area contributed by atoms with Gasteiger partial charge < -0.3 is 9.73 Å². The average molecular weight is 281 g/mol. The molecule has 1 saturated carbocycles. The fourth-order valence-corrected chi connectivity index (χ4v) is 2.10. The molecule has 1 aliphatic carbocycles. The van der Waals surface area contributed by atoms with Crippen molar-refractivity contribution >= 4 is 0 Å². The molecule has 0 amide bonds. The first-order valence-electron chi connectivity index (χ1n) is 6.53. The maximum Gasteiger partial charge on any atom is 0.417 e. The summed E-state index contributed by atoms with van der Waals surface area (Å²) in [5, 5.41) is 3.27. The van der Waals surface area contributed by atoms with Crippen LogP contribution < -0.4 is 5.32 Å². The Bertz CT molecular complexity index is 599. The van der Waals surface area contributed by atoms with Crippen LogP contribution >= 0.6 is 0 Å². The van der Waals surface area contributed by atoms with Gasteiger partial charge in [-0.3, -0.25) is 0 Å². The second kappa shape index (κ2) is 4.98. The molecule has 0 unspecified atom stereocenters. The maximum absolute atomic E-state index is 12.9. The van der Waals surface area contributed by atoms with E-state index in [0.717, 1.165) is 18.9 Å². The molecule has 0 atom stereocenters. The molecule has 1 aliphatic rings. The van der Waals surface area contributed by atoms with Crippen molar-refractivity contribution in [2.24, 2.45) is 0 Å². The van der Waals surface area contributed by atoms with Gasteiger partial charge in [0, 0.05) is 11.6 Å². The van der Waals surface area contributed by atoms with E-state index < -0.39 is 11.7 Å². The molecule has 0 aliphatic heterocycles. The summed E-state index contributed by atoms with van der Waals surface area (Å²) in [6.45, 7) is 0.554. The smallest absolute Gasteiger partial charge is 0.417 e. The number of furan rings is 1. The van der Waals surface area contributed by atoms with Gasteiger partial charge in [0.15, 0.2) is 0 Å². The van der Waals surface area contributed by atoms with Gasteiger partial charge in [0.25, 0.3) is 0 Å². The number of halogens is 3. The number of nitrogens with one attached hydrogen (secondary N) is 1. The lowest BCUT2D eigenvalue weighted by Crippen LogP contribution is -2.14. The number of alkyl halides is 3. The van der Waals surface area contributed by atoms with Gasteiger partial charge in [-0.1, -0.05) is 18.2 Å². The van der Waals surface area contributed by atoms with Crippen LogP contribution in [0.15, 0.2) is 40.8 Å². The molecule has 106 valence electrons. The minimum Gasteiger partial charge on any atom is -0.460 e. The Morgan fingerprint density at radius 2 is 1.85 bits per heavy atom. The molecule has 20 heavy (non-hydrogen) atoms. The minimum absolute atomic E-state index is 0.0812. The van der Waals surface area contributed by atoms with Crippen molar-refractivity contribution in [3.8, 4) is 11.3 Å². The summed E-state index contributed by atoms with van der Waals surface area (Å²) in [6, 6.07) is 9.30. The van der Waals surface area contributed by atoms with Crippen LogP contribution in [-0.4, -0.2) is 6.04 Å². The van der Waals surface area contributed by atoms with Gasteiger partial charge in [-0.2, -0.15) is 13.2 Å². The lowest BCUT2D eigenvalue weighted by molar-refractivity contribution is -0.137. The fourth-order valence-electron chi connectivity index (χ4n) is 2.10. The number of hydrogen-bond donors (Lipinski definition) is 1. The number of rotatable bonds is 4. The highest BCUT2D eigenvalue weighted by molar-refractivity contribution is 5.63. The van der Waals surface area contributed by atoms with E-state index in [1.54, 1.807) is 18.2 Å². The quantitative estimate of drug-likeness (QED) is 0.907. The van der Waals surface area contributed by atoms with E-state index in [9.17, 15) is 13.2 Å². The maximum atomic E-state index is 12.9. The highest BCUT2D eigenvalue weighted by atomic mass is 19.4. The highest BCUT2D eigenvalue weighted by Crippen LogP contribution is 2.37. The predicted octanol–water partition coefficient (Wildman–Crippen LogP) is 4.22. The van der Waals surface area contributed by atoms with Crippen molar-refractivity contribution < 1.29 is 17.6 Å². The van der Waals surface area contributed by atoms with Gasteiger partial charge in [0.05, 0.1) is 12.1 Å². The van der Waals surface area contributed by atoms with Crippen LogP contribution in [0.5, 0.6) is 0 Å². The minimum atomic E-state index is -4.38. The zero-order valence-electron chi connectivity index (χ0n) is 10.7. The highest BCUT2D eigenvalue weighted by Gasteiger charge is 2.34. The van der Waals surface area contributed by atoms with Crippen LogP contribution in [0.1, 0.15) is 24.2 Å². The Morgan fingerprint density at radius 1 is 1.10 bits per heavy atom. The molecule has 0 saturated heterocycles. The summed E-state index contributed by atoms with van der Waals surface area (Å²) < 4.78 is 44.4. The third kappa shape index (κ3) is 2.88. The summed E-state index contributed by atoms with van der Waals surface area (Å²) >= 11 is 0. The van der Waals surface area contributed by atoms with E-state index in [2.05, 4.69) is 5.32 Å². The van der Waals surface area contributed by atoms with E-state index in [1.165, 1.54) is 12.1 Å². The Kier molecular flexibility index (Phi) is 3.30. The van der Waals surface area contributed by atoms with E-state index in [4.69, 9.17) is 4.42 Å². The molecular formula is C15H14F3NO. The van der Waals surface area contributed by atoms with Crippen LogP contribution in [-0.2, 0) is 12.7 Å². The van der Waals surface area contributed by atoms with Gasteiger partial charge in [0.1, 0.15) is 11.5 Å². The van der Waals surface area contributed by atoms with Crippen LogP contribution in [0.4, 0.5) is 13.2 Å². The Balaban J connectivity index is 1.85. The monoisotopic (exact) mass is 281 g/mol. The summed E-state index contributed by atoms with van der Waals surface area (Å²) in [5.41, 5.74) is -0.589. The molecular weight excluding hydrogens is 267 g/mol. The summed E-state index contributed by atoms with van der Waals surface area (Å²) in [5.74, 6) is 0.911. The molecule has 1 N–H and O–H groups in total. The van der Waals surface area contributed by atoms with Gasteiger partial charge in [-0.25, -0.2) is 0 Å². The van der Waals surface area contributed by atoms with Gasteiger partial charge in [-0.15, -0.1) is 0 Å². The Morgan fingerprint density at radius 3 is 2.55 bits per heavy atom. The van der Waals surface area contributed by atoms with Crippen molar-refractivity contribution in [1.82, 2.24) is 5.32 Å². The molecule has 3 rings (SSSR count). The molecule has 5 heteroatoms. The van der Waals surface area contributed by atoms with Crippen molar-refractivity contribution in [2.75, 3.05) is 0 Å². The summed E-state index contributed by atoms with van der Waals surface area (Å²) in [4.78, 5) is 0. The fraction of sp³-hybridized carbons (Fsp3) is 0.333. The summed E-state index contributed by atoms with van der Waals surface area (Å²) in [7, 11) is 0. The first-order valence-corrected chi connectivity index (χ1v) is 6.53. The first kappa shape index (κ1) is 13.2. The molecule has 0 bridgehead atoms. The Labute approximate surface area is 114 Å². The number of benzene rings is 1. The SMILES string of the molecule is FC(F)(F)c1ccccc1-c1ccc(CNC2CC2)o1. The largest absolute Gasteiger partial charge is 0.460 e. The topological polar surface area (TPSA) is 25.2 Å². The van der Waals surface area contributed by atoms with E-state index in [0.29, 0.717) is 18.3 Å². The molecule has 2 aromatic rings. The van der Waals surface area contributed by atoms with Crippen molar-refractivity contribution in [1.29, 1.82) is 0 Å². The first-order chi connectivity index (χ1) is 9.54. The second-order valence-electron chi connectivity index (χ2n) is 4.96. The van der Waals surface area contributed by atoms with Crippen LogP contribution in [0.2, 0.25) is 0 Å². The summed E-state index contributed by atoms with van der Waals surface area (Å²) in [6.07, 6.45) is -2.06. The van der Waals surface area contributed by atoms with Crippen molar-refractivity contribution in [2.45, 2.75) is 31.6 Å². The normalized spacial score (nSPS) is 15.6. The third-order valence-electron chi connectivity index (χ3n) is 3.30. The third-order valence-corrected chi connectivity index (χ3v) is 3.30. The van der Waals surface area contributed by atoms with Gasteiger partial charge >= 0.3 is 6.18 Å². The van der Waals surface area contributed by atoms with Crippen molar-refractivity contribution in [3.05, 3.63) is 47.7 Å². The van der Waals surface area contributed by atoms with Crippen LogP contribution in [0.3, 0.4) is 0 Å². The lowest BCUT2D eigenvalue weighted by atomic mass is 10.1. The second-order valence-corrected chi connectivity index (χ2v) is 4.96. The van der Waals surface area contributed by atoms with E-state index in [1.807, 2.05) is 0 Å². The van der Waals surface area contributed by atoms with Crippen LogP contribution in [0.25, 0.3) is 11.3 Å². The molecule has 1 aromatic heterocycles. The molecule has 1 aromatic carbocycles. The average Bonchev–Trinajstić information content (AvgIpc) is 3.12. The van der Waals surface area contributed by atoms with E-state index >= 15 is 0 Å². The standard InChI is InChI=1S/C15H14F3NO/c16-15(17,18)13-4-2-1-3-12(13)14-8-7-11(20-14)9-19-10-5-6-10/h1-4,7-8,10,19H,5-6,9H2. The predicted molar refractivity (Wildman–Crippen MR) is 69.0 cm³/mol. The molecule has 1 heterocycles. The molecule has 1 fully saturated rings. The van der Waals surface area contributed by atoms with Gasteiger partial charge in [-0.05, 0) is 31.0 Å². The molecule has 0 radical (unpaired) electrons.